The van der Waals surface area contributed by atoms with Crippen LogP contribution in [-0.2, 0) is 11.2 Å². The maximum atomic E-state index is 10.7. The molecule has 0 radical (unpaired) electrons. The summed E-state index contributed by atoms with van der Waals surface area (Å²) in [5, 5.41) is 9.84. The van der Waals surface area contributed by atoms with Gasteiger partial charge in [-0.15, -0.1) is 0 Å². The summed E-state index contributed by atoms with van der Waals surface area (Å²) in [6, 6.07) is 8.84. The summed E-state index contributed by atoms with van der Waals surface area (Å²) in [4.78, 5) is 10.7. The number of ether oxygens (including phenoxy) is 3. The van der Waals surface area contributed by atoms with Crippen molar-refractivity contribution in [3.8, 4) is 17.2 Å². The first-order valence-electron chi connectivity index (χ1n) is 8.00. The van der Waals surface area contributed by atoms with Crippen LogP contribution in [0.5, 0.6) is 17.2 Å². The maximum absolute atomic E-state index is 10.7. The van der Waals surface area contributed by atoms with Gasteiger partial charge in [-0.3, -0.25) is 4.79 Å². The number of benzene rings is 2. The molecule has 0 atom stereocenters. The lowest BCUT2D eigenvalue weighted by atomic mass is 10.1. The van der Waals surface area contributed by atoms with Crippen LogP contribution in [-0.4, -0.2) is 31.4 Å². The van der Waals surface area contributed by atoms with E-state index < -0.39 is 5.97 Å². The number of halogens is 2. The first-order valence-corrected chi connectivity index (χ1v) is 8.76. The van der Waals surface area contributed by atoms with E-state index in [0.717, 1.165) is 11.1 Å². The van der Waals surface area contributed by atoms with Gasteiger partial charge in [-0.2, -0.15) is 0 Å². The molecule has 0 unspecified atom stereocenters. The van der Waals surface area contributed by atoms with E-state index in [9.17, 15) is 4.79 Å². The summed E-state index contributed by atoms with van der Waals surface area (Å²) < 4.78 is 16.6. The Morgan fingerprint density at radius 2 is 1.81 bits per heavy atom. The third-order valence-electron chi connectivity index (χ3n) is 3.64. The summed E-state index contributed by atoms with van der Waals surface area (Å²) in [5.41, 5.74) is 1.71. The van der Waals surface area contributed by atoms with Gasteiger partial charge in [0.1, 0.15) is 19.0 Å². The van der Waals surface area contributed by atoms with Crippen LogP contribution in [0.15, 0.2) is 30.3 Å². The van der Waals surface area contributed by atoms with E-state index in [1.807, 2.05) is 13.0 Å². The monoisotopic (exact) mass is 398 g/mol. The van der Waals surface area contributed by atoms with Crippen molar-refractivity contribution >= 4 is 29.2 Å². The molecule has 140 valence electrons. The van der Waals surface area contributed by atoms with Crippen molar-refractivity contribution in [2.24, 2.45) is 0 Å². The maximum Gasteiger partial charge on any atom is 0.303 e. The van der Waals surface area contributed by atoms with Crippen molar-refractivity contribution in [2.45, 2.75) is 19.8 Å². The molecule has 0 saturated carbocycles. The molecule has 2 rings (SSSR count). The summed E-state index contributed by atoms with van der Waals surface area (Å²) in [6.45, 7) is 2.50. The quantitative estimate of drug-likeness (QED) is 0.615. The van der Waals surface area contributed by atoms with Gasteiger partial charge in [0.15, 0.2) is 11.5 Å². The Hall–Kier alpha value is -2.11. The second-order valence-electron chi connectivity index (χ2n) is 5.61. The molecule has 0 aliphatic rings. The highest BCUT2D eigenvalue weighted by atomic mass is 35.5. The molecule has 5 nitrogen and oxygen atoms in total. The van der Waals surface area contributed by atoms with Crippen LogP contribution in [0.25, 0.3) is 0 Å². The summed E-state index contributed by atoms with van der Waals surface area (Å²) in [5.74, 6) is 0.705. The molecule has 7 heteroatoms. The number of aliphatic carboxylic acids is 1. The average molecular weight is 399 g/mol. The molecule has 0 saturated heterocycles. The van der Waals surface area contributed by atoms with E-state index in [4.69, 9.17) is 42.5 Å². The van der Waals surface area contributed by atoms with Gasteiger partial charge < -0.3 is 19.3 Å². The van der Waals surface area contributed by atoms with Crippen molar-refractivity contribution in [1.82, 2.24) is 0 Å². The lowest BCUT2D eigenvalue weighted by molar-refractivity contribution is -0.136. The Morgan fingerprint density at radius 1 is 1.08 bits per heavy atom. The average Bonchev–Trinajstić information content (AvgIpc) is 2.60. The molecule has 2 aromatic carbocycles. The van der Waals surface area contributed by atoms with Gasteiger partial charge in [-0.25, -0.2) is 0 Å². The Kier molecular flexibility index (Phi) is 7.42. The highest BCUT2D eigenvalue weighted by Crippen LogP contribution is 2.36. The van der Waals surface area contributed by atoms with Crippen molar-refractivity contribution in [1.29, 1.82) is 0 Å². The molecular formula is C19H20Cl2O5. The zero-order valence-electron chi connectivity index (χ0n) is 14.6. The highest BCUT2D eigenvalue weighted by molar-refractivity contribution is 6.32. The summed E-state index contributed by atoms with van der Waals surface area (Å²) >= 11 is 12.2. The third kappa shape index (κ3) is 5.71. The lowest BCUT2D eigenvalue weighted by Gasteiger charge is -2.14. The van der Waals surface area contributed by atoms with E-state index in [1.54, 1.807) is 24.3 Å². The van der Waals surface area contributed by atoms with Crippen LogP contribution in [0.1, 0.15) is 17.5 Å². The van der Waals surface area contributed by atoms with Crippen LogP contribution < -0.4 is 14.2 Å². The fourth-order valence-electron chi connectivity index (χ4n) is 2.32. The molecule has 0 aliphatic heterocycles. The number of hydrogen-bond donors (Lipinski definition) is 1. The number of carbonyl (C=O) groups is 1. The first kappa shape index (κ1) is 20.2. The molecule has 0 fully saturated rings. The van der Waals surface area contributed by atoms with E-state index in [-0.39, 0.29) is 13.0 Å². The molecular weight excluding hydrogens is 379 g/mol. The molecule has 26 heavy (non-hydrogen) atoms. The fraction of sp³-hybridized carbons (Fsp3) is 0.316. The fourth-order valence-corrected chi connectivity index (χ4v) is 2.72. The van der Waals surface area contributed by atoms with Gasteiger partial charge in [0, 0.05) is 11.4 Å². The van der Waals surface area contributed by atoms with Crippen molar-refractivity contribution in [2.75, 3.05) is 20.3 Å². The van der Waals surface area contributed by atoms with E-state index in [0.29, 0.717) is 40.3 Å². The van der Waals surface area contributed by atoms with Crippen molar-refractivity contribution in [3.05, 3.63) is 51.5 Å². The predicted octanol–water partition coefficient (Wildman–Crippen LogP) is 4.79. The number of methoxy groups -OCH3 is 1. The van der Waals surface area contributed by atoms with Gasteiger partial charge in [-0.1, -0.05) is 23.2 Å². The predicted molar refractivity (Wildman–Crippen MR) is 101 cm³/mol. The molecule has 1 N–H and O–H groups in total. The van der Waals surface area contributed by atoms with E-state index in [2.05, 4.69) is 0 Å². The second kappa shape index (κ2) is 9.55. The lowest BCUT2D eigenvalue weighted by Crippen LogP contribution is -2.10. The number of carboxylic acid groups (broad SMARTS) is 1. The van der Waals surface area contributed by atoms with Gasteiger partial charge in [-0.05, 0) is 54.8 Å². The molecule has 2 aromatic rings. The minimum Gasteiger partial charge on any atom is -0.493 e. The van der Waals surface area contributed by atoms with Crippen LogP contribution in [0, 0.1) is 6.92 Å². The van der Waals surface area contributed by atoms with Gasteiger partial charge in [0.2, 0.25) is 0 Å². The van der Waals surface area contributed by atoms with E-state index >= 15 is 0 Å². The largest absolute Gasteiger partial charge is 0.493 e. The van der Waals surface area contributed by atoms with Crippen LogP contribution in [0.2, 0.25) is 10.0 Å². The highest BCUT2D eigenvalue weighted by Gasteiger charge is 2.13. The normalized spacial score (nSPS) is 10.5. The Morgan fingerprint density at radius 3 is 2.46 bits per heavy atom. The molecule has 0 amide bonds. The first-order chi connectivity index (χ1) is 12.4. The number of aryl methyl sites for hydroxylation is 2. The van der Waals surface area contributed by atoms with Gasteiger partial charge in [0.25, 0.3) is 0 Å². The third-order valence-corrected chi connectivity index (χ3v) is 4.35. The molecule has 0 aliphatic carbocycles. The van der Waals surface area contributed by atoms with Crippen LogP contribution >= 0.6 is 23.2 Å². The number of hydrogen-bond acceptors (Lipinski definition) is 4. The van der Waals surface area contributed by atoms with Gasteiger partial charge in [0.05, 0.1) is 12.1 Å². The van der Waals surface area contributed by atoms with Crippen molar-refractivity contribution in [3.63, 3.8) is 0 Å². The molecule has 0 heterocycles. The zero-order chi connectivity index (χ0) is 19.1. The molecule has 0 aromatic heterocycles. The van der Waals surface area contributed by atoms with E-state index in [1.165, 1.54) is 7.11 Å². The SMILES string of the molecule is COc1cc(CCC(=O)O)cc(Cl)c1OCCOc1ccc(Cl)c(C)c1. The summed E-state index contributed by atoms with van der Waals surface area (Å²) in [6.07, 6.45) is 0.388. The van der Waals surface area contributed by atoms with Crippen LogP contribution in [0.3, 0.4) is 0 Å². The van der Waals surface area contributed by atoms with Crippen molar-refractivity contribution < 1.29 is 24.1 Å². The molecule has 0 spiro atoms. The Labute approximate surface area is 162 Å². The Balaban J connectivity index is 1.95. The minimum atomic E-state index is -0.866. The minimum absolute atomic E-state index is 0.0219. The van der Waals surface area contributed by atoms with Crippen LogP contribution in [0.4, 0.5) is 0 Å². The van der Waals surface area contributed by atoms with Gasteiger partial charge >= 0.3 is 5.97 Å². The summed E-state index contributed by atoms with van der Waals surface area (Å²) in [7, 11) is 1.51. The smallest absolute Gasteiger partial charge is 0.303 e. The standard InChI is InChI=1S/C19H20Cl2O5/c1-12-9-14(4-5-15(12)20)25-7-8-26-19-16(21)10-13(3-6-18(22)23)11-17(19)24-2/h4-5,9-11H,3,6-8H2,1-2H3,(H,22,23). The topological polar surface area (TPSA) is 65.0 Å². The number of carboxylic acids is 1. The number of rotatable bonds is 9. The molecule has 0 bridgehead atoms. The zero-order valence-corrected chi connectivity index (χ0v) is 16.1. The Bertz CT molecular complexity index is 777. The second-order valence-corrected chi connectivity index (χ2v) is 6.43.